The zero-order chi connectivity index (χ0) is 19.5. The molecular weight excluding hydrogens is 342 g/mol. The molecule has 4 aromatic rings. The van der Waals surface area contributed by atoms with Crippen molar-refractivity contribution in [3.63, 3.8) is 0 Å². The third-order valence-electron chi connectivity index (χ3n) is 5.54. The third kappa shape index (κ3) is 3.71. The van der Waals surface area contributed by atoms with Gasteiger partial charge in [0.2, 0.25) is 0 Å². The van der Waals surface area contributed by atoms with E-state index in [1.807, 2.05) is 7.05 Å². The molecule has 3 heteroatoms. The molecule has 0 aliphatic rings. The number of pyridine rings is 1. The summed E-state index contributed by atoms with van der Waals surface area (Å²) in [6, 6.07) is 26.2. The van der Waals surface area contributed by atoms with Gasteiger partial charge < -0.3 is 10.2 Å². The summed E-state index contributed by atoms with van der Waals surface area (Å²) in [6.07, 6.45) is 1.09. The molecule has 1 unspecified atom stereocenters. The summed E-state index contributed by atoms with van der Waals surface area (Å²) in [5.74, 6) is 0. The molecule has 142 valence electrons. The van der Waals surface area contributed by atoms with Gasteiger partial charge in [0.25, 0.3) is 0 Å². The van der Waals surface area contributed by atoms with Crippen molar-refractivity contribution in [3.05, 3.63) is 72.8 Å². The van der Waals surface area contributed by atoms with Gasteiger partial charge in [-0.2, -0.15) is 0 Å². The molecular formula is C25H27N3. The van der Waals surface area contributed by atoms with Crippen LogP contribution in [0.5, 0.6) is 0 Å². The summed E-state index contributed by atoms with van der Waals surface area (Å²) in [4.78, 5) is 7.32. The molecule has 0 fully saturated rings. The lowest BCUT2D eigenvalue weighted by Crippen LogP contribution is -2.28. The number of anilines is 1. The molecule has 1 aromatic heterocycles. The van der Waals surface area contributed by atoms with Gasteiger partial charge in [0.15, 0.2) is 0 Å². The molecule has 3 nitrogen and oxygen atoms in total. The lowest BCUT2D eigenvalue weighted by Gasteiger charge is -2.23. The largest absolute Gasteiger partial charge is 0.374 e. The fourth-order valence-electron chi connectivity index (χ4n) is 3.62. The molecule has 1 N–H and O–H groups in total. The van der Waals surface area contributed by atoms with Crippen molar-refractivity contribution < 1.29 is 0 Å². The average Bonchev–Trinajstić information content (AvgIpc) is 2.76. The van der Waals surface area contributed by atoms with Crippen molar-refractivity contribution in [1.82, 2.24) is 10.3 Å². The number of para-hydroxylation sites is 1. The Morgan fingerprint density at radius 1 is 0.929 bits per heavy atom. The molecule has 0 amide bonds. The van der Waals surface area contributed by atoms with Gasteiger partial charge in [-0.3, -0.25) is 0 Å². The first-order valence-electron chi connectivity index (χ1n) is 9.93. The number of nitrogens with zero attached hydrogens (tertiary/aromatic N) is 2. The smallest absolute Gasteiger partial charge is 0.0730 e. The first-order valence-corrected chi connectivity index (χ1v) is 9.93. The number of benzene rings is 3. The molecule has 0 aliphatic carbocycles. The van der Waals surface area contributed by atoms with Crippen LogP contribution >= 0.6 is 0 Å². The lowest BCUT2D eigenvalue weighted by molar-refractivity contribution is 0.565. The Balaban J connectivity index is 1.78. The normalized spacial score (nSPS) is 12.4. The van der Waals surface area contributed by atoms with Crippen molar-refractivity contribution in [1.29, 1.82) is 0 Å². The molecule has 0 spiro atoms. The summed E-state index contributed by atoms with van der Waals surface area (Å²) in [7, 11) is 4.19. The summed E-state index contributed by atoms with van der Waals surface area (Å²) < 4.78 is 0. The SMILES string of the molecule is CNC(C)CCN(C)c1cc(-c2ccc3ccccc3c2)nc2ccccc12. The maximum Gasteiger partial charge on any atom is 0.0730 e. The van der Waals surface area contributed by atoms with Crippen molar-refractivity contribution >= 4 is 27.4 Å². The van der Waals surface area contributed by atoms with E-state index in [9.17, 15) is 0 Å². The van der Waals surface area contributed by atoms with Crippen molar-refractivity contribution in [2.24, 2.45) is 0 Å². The number of nitrogens with one attached hydrogen (secondary N) is 1. The van der Waals surface area contributed by atoms with Crippen LogP contribution in [0.15, 0.2) is 72.8 Å². The van der Waals surface area contributed by atoms with Gasteiger partial charge in [-0.1, -0.05) is 54.6 Å². The van der Waals surface area contributed by atoms with E-state index >= 15 is 0 Å². The summed E-state index contributed by atoms with van der Waals surface area (Å²) in [6.45, 7) is 3.21. The van der Waals surface area contributed by atoms with E-state index < -0.39 is 0 Å². The second-order valence-electron chi connectivity index (χ2n) is 7.51. The quantitative estimate of drug-likeness (QED) is 0.487. The van der Waals surface area contributed by atoms with Crippen LogP contribution in [-0.4, -0.2) is 31.7 Å². The van der Waals surface area contributed by atoms with E-state index in [2.05, 4.69) is 97.0 Å². The summed E-state index contributed by atoms with van der Waals surface area (Å²) >= 11 is 0. The molecule has 0 aliphatic heterocycles. The minimum Gasteiger partial charge on any atom is -0.374 e. The van der Waals surface area contributed by atoms with Gasteiger partial charge in [0.1, 0.15) is 0 Å². The van der Waals surface area contributed by atoms with Gasteiger partial charge in [0, 0.05) is 36.3 Å². The Bertz CT molecular complexity index is 1100. The topological polar surface area (TPSA) is 28.2 Å². The molecule has 1 atom stereocenters. The fourth-order valence-corrected chi connectivity index (χ4v) is 3.62. The van der Waals surface area contributed by atoms with Crippen LogP contribution in [0.4, 0.5) is 5.69 Å². The second kappa shape index (κ2) is 7.99. The van der Waals surface area contributed by atoms with Gasteiger partial charge in [-0.05, 0) is 49.4 Å². The van der Waals surface area contributed by atoms with E-state index in [0.717, 1.165) is 29.7 Å². The van der Waals surface area contributed by atoms with Crippen molar-refractivity contribution in [3.8, 4) is 11.3 Å². The van der Waals surface area contributed by atoms with Crippen LogP contribution in [0.3, 0.4) is 0 Å². The highest BCUT2D eigenvalue weighted by Gasteiger charge is 2.12. The van der Waals surface area contributed by atoms with Crippen LogP contribution < -0.4 is 10.2 Å². The van der Waals surface area contributed by atoms with E-state index in [-0.39, 0.29) is 0 Å². The summed E-state index contributed by atoms with van der Waals surface area (Å²) in [5.41, 5.74) is 4.45. The van der Waals surface area contributed by atoms with E-state index in [0.29, 0.717) is 6.04 Å². The number of hydrogen-bond acceptors (Lipinski definition) is 3. The van der Waals surface area contributed by atoms with E-state index in [1.54, 1.807) is 0 Å². The van der Waals surface area contributed by atoms with Crippen LogP contribution in [0.1, 0.15) is 13.3 Å². The van der Waals surface area contributed by atoms with E-state index in [1.165, 1.54) is 21.8 Å². The zero-order valence-corrected chi connectivity index (χ0v) is 16.8. The molecule has 0 radical (unpaired) electrons. The lowest BCUT2D eigenvalue weighted by atomic mass is 10.0. The predicted molar refractivity (Wildman–Crippen MR) is 121 cm³/mol. The number of fused-ring (bicyclic) bond motifs is 2. The van der Waals surface area contributed by atoms with Gasteiger partial charge in [-0.15, -0.1) is 0 Å². The number of rotatable bonds is 6. The molecule has 0 saturated carbocycles. The Kier molecular flexibility index (Phi) is 5.27. The highest BCUT2D eigenvalue weighted by atomic mass is 15.1. The fraction of sp³-hybridized carbons (Fsp3) is 0.240. The Morgan fingerprint density at radius 3 is 2.50 bits per heavy atom. The minimum atomic E-state index is 0.496. The highest BCUT2D eigenvalue weighted by molar-refractivity contribution is 5.95. The standard InChI is InChI=1S/C25H27N3/c1-18(26-2)14-15-28(3)25-17-24(27-23-11-7-6-10-22(23)25)21-13-12-19-8-4-5-9-20(19)16-21/h4-13,16-18,26H,14-15H2,1-3H3. The monoisotopic (exact) mass is 369 g/mol. The van der Waals surface area contributed by atoms with E-state index in [4.69, 9.17) is 4.98 Å². The van der Waals surface area contributed by atoms with Crippen LogP contribution in [0.25, 0.3) is 32.9 Å². The predicted octanol–water partition coefficient (Wildman–Crippen LogP) is 5.49. The molecule has 1 heterocycles. The summed E-state index contributed by atoms with van der Waals surface area (Å²) in [5, 5.41) is 7.02. The molecule has 0 saturated heterocycles. The first-order chi connectivity index (χ1) is 13.7. The Morgan fingerprint density at radius 2 is 1.68 bits per heavy atom. The number of hydrogen-bond donors (Lipinski definition) is 1. The number of aromatic nitrogens is 1. The average molecular weight is 370 g/mol. The zero-order valence-electron chi connectivity index (χ0n) is 16.8. The molecule has 3 aromatic carbocycles. The Hall–Kier alpha value is -2.91. The van der Waals surface area contributed by atoms with Crippen LogP contribution in [-0.2, 0) is 0 Å². The first kappa shape index (κ1) is 18.5. The van der Waals surface area contributed by atoms with Gasteiger partial charge in [-0.25, -0.2) is 4.98 Å². The maximum atomic E-state index is 4.97. The van der Waals surface area contributed by atoms with Crippen molar-refractivity contribution in [2.75, 3.05) is 25.5 Å². The molecule has 4 rings (SSSR count). The Labute approximate surface area is 167 Å². The molecule has 0 bridgehead atoms. The van der Waals surface area contributed by atoms with Crippen LogP contribution in [0.2, 0.25) is 0 Å². The van der Waals surface area contributed by atoms with Crippen molar-refractivity contribution in [2.45, 2.75) is 19.4 Å². The van der Waals surface area contributed by atoms with Gasteiger partial charge >= 0.3 is 0 Å². The second-order valence-corrected chi connectivity index (χ2v) is 7.51. The van der Waals surface area contributed by atoms with Gasteiger partial charge in [0.05, 0.1) is 11.2 Å². The minimum absolute atomic E-state index is 0.496. The maximum absolute atomic E-state index is 4.97. The van der Waals surface area contributed by atoms with Crippen LogP contribution in [0, 0.1) is 0 Å². The highest BCUT2D eigenvalue weighted by Crippen LogP contribution is 2.31. The third-order valence-corrected chi connectivity index (χ3v) is 5.54. The molecule has 28 heavy (non-hydrogen) atoms.